The first-order chi connectivity index (χ1) is 13.1. The number of hydrogen-bond acceptors (Lipinski definition) is 4. The van der Waals surface area contributed by atoms with Crippen molar-refractivity contribution in [1.82, 2.24) is 20.5 Å². The minimum absolute atomic E-state index is 0. The molecule has 1 aromatic carbocycles. The van der Waals surface area contributed by atoms with Crippen LogP contribution < -0.4 is 10.6 Å². The van der Waals surface area contributed by atoms with Gasteiger partial charge in [-0.15, -0.1) is 35.3 Å². The molecule has 0 bridgehead atoms. The summed E-state index contributed by atoms with van der Waals surface area (Å²) in [6.45, 7) is 5.98. The molecule has 1 aromatic heterocycles. The molecular formula is C21H34IN5S. The molecule has 0 radical (unpaired) electrons. The Morgan fingerprint density at radius 3 is 2.39 bits per heavy atom. The molecular weight excluding hydrogens is 481 g/mol. The van der Waals surface area contributed by atoms with Crippen LogP contribution in [-0.4, -0.2) is 50.1 Å². The molecule has 1 heterocycles. The smallest absolute Gasteiger partial charge is 0.191 e. The minimum atomic E-state index is 0. The molecule has 1 atom stereocenters. The Kier molecular flexibility index (Phi) is 11.6. The molecule has 0 spiro atoms. The van der Waals surface area contributed by atoms with Crippen LogP contribution in [0.1, 0.15) is 40.9 Å². The highest BCUT2D eigenvalue weighted by atomic mass is 127. The number of aromatic nitrogens is 1. The third-order valence-corrected chi connectivity index (χ3v) is 5.87. The molecule has 0 aliphatic heterocycles. The fraction of sp³-hybridized carbons (Fsp3) is 0.524. The van der Waals surface area contributed by atoms with E-state index in [0.29, 0.717) is 6.04 Å². The van der Waals surface area contributed by atoms with Crippen molar-refractivity contribution in [3.8, 4) is 0 Å². The zero-order valence-corrected chi connectivity index (χ0v) is 20.8. The summed E-state index contributed by atoms with van der Waals surface area (Å²) in [7, 11) is 6.04. The molecule has 156 valence electrons. The van der Waals surface area contributed by atoms with Crippen molar-refractivity contribution in [2.45, 2.75) is 39.2 Å². The van der Waals surface area contributed by atoms with Gasteiger partial charge in [0.25, 0.3) is 0 Å². The van der Waals surface area contributed by atoms with E-state index in [1.165, 1.54) is 21.0 Å². The van der Waals surface area contributed by atoms with Crippen LogP contribution in [0.4, 0.5) is 0 Å². The molecule has 1 unspecified atom stereocenters. The first kappa shape index (κ1) is 24.8. The van der Waals surface area contributed by atoms with Gasteiger partial charge in [-0.25, -0.2) is 4.98 Å². The molecule has 5 nitrogen and oxygen atoms in total. The standard InChI is InChI=1S/C21H33N5S.HI/c1-6-16-8-10-17(11-9-16)19(26(4)5)15-25-21(22-3)23-13-12-20-24-14-18(7-2)27-20;/h8-11,14,19H,6-7,12-13,15H2,1-5H3,(H2,22,23,25);1H. The fourth-order valence-corrected chi connectivity index (χ4v) is 3.76. The maximum atomic E-state index is 4.47. The second kappa shape index (κ2) is 13.1. The molecule has 2 N–H and O–H groups in total. The lowest BCUT2D eigenvalue weighted by Crippen LogP contribution is -2.42. The third-order valence-electron chi connectivity index (χ3n) is 4.66. The van der Waals surface area contributed by atoms with Crippen LogP contribution >= 0.6 is 35.3 Å². The van der Waals surface area contributed by atoms with Crippen LogP contribution in [-0.2, 0) is 19.3 Å². The van der Waals surface area contributed by atoms with Gasteiger partial charge in [0.1, 0.15) is 0 Å². The molecule has 0 fully saturated rings. The number of guanidine groups is 1. The maximum Gasteiger partial charge on any atom is 0.191 e. The Morgan fingerprint density at radius 1 is 1.14 bits per heavy atom. The van der Waals surface area contributed by atoms with Crippen molar-refractivity contribution in [3.63, 3.8) is 0 Å². The first-order valence-corrected chi connectivity index (χ1v) is 10.5. The summed E-state index contributed by atoms with van der Waals surface area (Å²) in [5.41, 5.74) is 2.69. The van der Waals surface area contributed by atoms with E-state index < -0.39 is 0 Å². The van der Waals surface area contributed by atoms with Crippen molar-refractivity contribution in [3.05, 3.63) is 51.5 Å². The molecule has 7 heteroatoms. The number of benzene rings is 1. The number of hydrogen-bond donors (Lipinski definition) is 2. The van der Waals surface area contributed by atoms with Gasteiger partial charge in [-0.2, -0.15) is 0 Å². The monoisotopic (exact) mass is 515 g/mol. The number of aliphatic imine (C=N–C) groups is 1. The van der Waals surface area contributed by atoms with Gasteiger partial charge in [0.2, 0.25) is 0 Å². The molecule has 0 saturated heterocycles. The number of likely N-dealkylation sites (N-methyl/N-ethyl adjacent to an activating group) is 1. The first-order valence-electron chi connectivity index (χ1n) is 9.70. The van der Waals surface area contributed by atoms with Gasteiger partial charge in [-0.05, 0) is 38.1 Å². The van der Waals surface area contributed by atoms with E-state index in [1.54, 1.807) is 11.3 Å². The SMILES string of the molecule is CCc1ccc(C(CNC(=NC)NCCc2ncc(CC)s2)N(C)C)cc1.I. The summed E-state index contributed by atoms with van der Waals surface area (Å²) in [5, 5.41) is 8.03. The van der Waals surface area contributed by atoms with Crippen LogP contribution in [0.25, 0.3) is 0 Å². The highest BCUT2D eigenvalue weighted by Gasteiger charge is 2.14. The lowest BCUT2D eigenvalue weighted by atomic mass is 10.0. The Balaban J connectivity index is 0.00000392. The Bertz CT molecular complexity index is 712. The van der Waals surface area contributed by atoms with E-state index in [0.717, 1.165) is 38.3 Å². The van der Waals surface area contributed by atoms with Crippen LogP contribution in [0.15, 0.2) is 35.5 Å². The van der Waals surface area contributed by atoms with E-state index in [1.807, 2.05) is 13.2 Å². The van der Waals surface area contributed by atoms with E-state index in [9.17, 15) is 0 Å². The summed E-state index contributed by atoms with van der Waals surface area (Å²) in [6, 6.07) is 9.19. The van der Waals surface area contributed by atoms with Gasteiger partial charge in [0, 0.05) is 37.6 Å². The Morgan fingerprint density at radius 2 is 1.86 bits per heavy atom. The van der Waals surface area contributed by atoms with Crippen LogP contribution in [0, 0.1) is 0 Å². The third kappa shape index (κ3) is 7.67. The number of thiazole rings is 1. The van der Waals surface area contributed by atoms with Gasteiger partial charge in [-0.1, -0.05) is 38.1 Å². The molecule has 2 aromatic rings. The molecule has 0 aliphatic rings. The van der Waals surface area contributed by atoms with Crippen LogP contribution in [0.2, 0.25) is 0 Å². The summed E-state index contributed by atoms with van der Waals surface area (Å²) in [5.74, 6) is 0.833. The molecule has 28 heavy (non-hydrogen) atoms. The zero-order valence-electron chi connectivity index (χ0n) is 17.7. The zero-order chi connectivity index (χ0) is 19.6. The van der Waals surface area contributed by atoms with E-state index in [4.69, 9.17) is 0 Å². The lowest BCUT2D eigenvalue weighted by molar-refractivity contribution is 0.298. The number of nitrogens with zero attached hydrogens (tertiary/aromatic N) is 3. The average molecular weight is 516 g/mol. The predicted molar refractivity (Wildman–Crippen MR) is 132 cm³/mol. The number of halogens is 1. The molecule has 0 saturated carbocycles. The molecule has 0 aliphatic carbocycles. The highest BCUT2D eigenvalue weighted by Crippen LogP contribution is 2.18. The number of nitrogens with one attached hydrogen (secondary N) is 2. The number of aryl methyl sites for hydroxylation is 2. The van der Waals surface area contributed by atoms with Crippen molar-refractivity contribution in [1.29, 1.82) is 0 Å². The summed E-state index contributed by atoms with van der Waals surface area (Å²) in [6.07, 6.45) is 5.03. The van der Waals surface area contributed by atoms with Gasteiger partial charge >= 0.3 is 0 Å². The second-order valence-corrected chi connectivity index (χ2v) is 7.98. The van der Waals surface area contributed by atoms with Gasteiger partial charge in [-0.3, -0.25) is 4.99 Å². The fourth-order valence-electron chi connectivity index (χ4n) is 2.90. The molecule has 2 rings (SSSR count). The summed E-state index contributed by atoms with van der Waals surface area (Å²) in [4.78, 5) is 12.4. The van der Waals surface area contributed by atoms with E-state index >= 15 is 0 Å². The summed E-state index contributed by atoms with van der Waals surface area (Å²) < 4.78 is 0. The predicted octanol–water partition coefficient (Wildman–Crippen LogP) is 3.90. The van der Waals surface area contributed by atoms with E-state index in [-0.39, 0.29) is 24.0 Å². The Labute approximate surface area is 191 Å². The molecule has 0 amide bonds. The highest BCUT2D eigenvalue weighted by molar-refractivity contribution is 14.0. The van der Waals surface area contributed by atoms with Crippen LogP contribution in [0.5, 0.6) is 0 Å². The van der Waals surface area contributed by atoms with E-state index in [2.05, 4.69) is 77.7 Å². The second-order valence-electron chi connectivity index (χ2n) is 6.78. The van der Waals surface area contributed by atoms with Crippen molar-refractivity contribution in [2.75, 3.05) is 34.2 Å². The van der Waals surface area contributed by atoms with Gasteiger partial charge in [0.05, 0.1) is 11.0 Å². The normalized spacial score (nSPS) is 12.6. The topological polar surface area (TPSA) is 52.6 Å². The van der Waals surface area contributed by atoms with Crippen molar-refractivity contribution >= 4 is 41.3 Å². The van der Waals surface area contributed by atoms with Crippen molar-refractivity contribution in [2.24, 2.45) is 4.99 Å². The van der Waals surface area contributed by atoms with Gasteiger partial charge < -0.3 is 15.5 Å². The van der Waals surface area contributed by atoms with Gasteiger partial charge in [0.15, 0.2) is 5.96 Å². The Hall–Kier alpha value is -1.19. The van der Waals surface area contributed by atoms with Crippen molar-refractivity contribution < 1.29 is 0 Å². The average Bonchev–Trinajstić information content (AvgIpc) is 3.15. The summed E-state index contributed by atoms with van der Waals surface area (Å²) >= 11 is 1.80. The van der Waals surface area contributed by atoms with Crippen LogP contribution in [0.3, 0.4) is 0 Å². The number of rotatable bonds is 9. The maximum absolute atomic E-state index is 4.47. The lowest BCUT2D eigenvalue weighted by Gasteiger charge is -2.26. The largest absolute Gasteiger partial charge is 0.356 e. The minimum Gasteiger partial charge on any atom is -0.356 e. The quantitative estimate of drug-likeness (QED) is 0.302.